The summed E-state index contributed by atoms with van der Waals surface area (Å²) in [6.45, 7) is 6.04. The average Bonchev–Trinajstić information content (AvgIpc) is 3.22. The van der Waals surface area contributed by atoms with Crippen molar-refractivity contribution in [2.75, 3.05) is 33.2 Å². The van der Waals surface area contributed by atoms with Gasteiger partial charge < -0.3 is 15.5 Å². The topological polar surface area (TPSA) is 116 Å². The van der Waals surface area contributed by atoms with Crippen molar-refractivity contribution in [2.45, 2.75) is 44.6 Å². The van der Waals surface area contributed by atoms with E-state index in [4.69, 9.17) is 0 Å². The Bertz CT molecular complexity index is 912. The first-order chi connectivity index (χ1) is 14.2. The van der Waals surface area contributed by atoms with E-state index in [1.807, 2.05) is 0 Å². The van der Waals surface area contributed by atoms with E-state index in [2.05, 4.69) is 10.6 Å². The van der Waals surface area contributed by atoms with Crippen LogP contribution in [0.25, 0.3) is 0 Å². The summed E-state index contributed by atoms with van der Waals surface area (Å²) >= 11 is 0. The highest BCUT2D eigenvalue weighted by Gasteiger charge is 2.33. The monoisotopic (exact) mass is 438 g/mol. The van der Waals surface area contributed by atoms with Crippen LogP contribution in [0.5, 0.6) is 0 Å². The van der Waals surface area contributed by atoms with E-state index in [9.17, 15) is 22.8 Å². The third-order valence-electron chi connectivity index (χ3n) is 5.32. The van der Waals surface area contributed by atoms with Gasteiger partial charge in [0.15, 0.2) is 0 Å². The van der Waals surface area contributed by atoms with Gasteiger partial charge in [0, 0.05) is 32.2 Å². The number of sulfonamides is 1. The number of hydrogen-bond acceptors (Lipinski definition) is 5. The average molecular weight is 439 g/mol. The van der Waals surface area contributed by atoms with Gasteiger partial charge in [-0.2, -0.15) is 4.31 Å². The molecule has 10 heteroatoms. The summed E-state index contributed by atoms with van der Waals surface area (Å²) in [7, 11) is -2.18. The normalized spacial score (nSPS) is 16.6. The van der Waals surface area contributed by atoms with Crippen LogP contribution in [0.4, 0.5) is 0 Å². The van der Waals surface area contributed by atoms with Gasteiger partial charge >= 0.3 is 0 Å². The highest BCUT2D eigenvalue weighted by molar-refractivity contribution is 7.89. The molecule has 0 bridgehead atoms. The first-order valence-corrected chi connectivity index (χ1v) is 11.5. The number of likely N-dealkylation sites (tertiary alicyclic amines) is 1. The number of benzene rings is 1. The molecule has 1 aromatic carbocycles. The fourth-order valence-corrected chi connectivity index (χ4v) is 5.06. The molecule has 0 aromatic heterocycles. The van der Waals surface area contributed by atoms with E-state index in [1.165, 1.54) is 28.4 Å². The Morgan fingerprint density at radius 2 is 1.87 bits per heavy atom. The zero-order valence-electron chi connectivity index (χ0n) is 17.9. The predicted octanol–water partition coefficient (Wildman–Crippen LogP) is 0.492. The van der Waals surface area contributed by atoms with Gasteiger partial charge in [-0.05, 0) is 37.5 Å². The van der Waals surface area contributed by atoms with E-state index < -0.39 is 22.0 Å². The maximum absolute atomic E-state index is 12.7. The molecule has 1 atom stereocenters. The minimum Gasteiger partial charge on any atom is -0.357 e. The Labute approximate surface area is 177 Å². The van der Waals surface area contributed by atoms with Crippen LogP contribution < -0.4 is 10.6 Å². The maximum Gasteiger partial charge on any atom is 0.252 e. The second-order valence-electron chi connectivity index (χ2n) is 7.11. The SMILES string of the molecule is CCN(CC)S(=O)(=O)c1ccc(C)c(C(=O)NCC(=O)N2CCCC2C(=O)NC)c1. The maximum atomic E-state index is 12.7. The zero-order chi connectivity index (χ0) is 22.5. The highest BCUT2D eigenvalue weighted by Crippen LogP contribution is 2.20. The minimum absolute atomic E-state index is 0.0347. The van der Waals surface area contributed by atoms with Crippen LogP contribution in [-0.4, -0.2) is 74.6 Å². The molecule has 1 aliphatic rings. The Kier molecular flexibility index (Phi) is 7.96. The van der Waals surface area contributed by atoms with E-state index >= 15 is 0 Å². The number of rotatable bonds is 8. The van der Waals surface area contributed by atoms with Crippen molar-refractivity contribution in [2.24, 2.45) is 0 Å². The molecule has 9 nitrogen and oxygen atoms in total. The van der Waals surface area contributed by atoms with Gasteiger partial charge in [0.25, 0.3) is 5.91 Å². The van der Waals surface area contributed by atoms with Gasteiger partial charge in [-0.1, -0.05) is 19.9 Å². The molecule has 0 aliphatic carbocycles. The third-order valence-corrected chi connectivity index (χ3v) is 7.37. The van der Waals surface area contributed by atoms with E-state index in [-0.39, 0.29) is 28.8 Å². The molecular weight excluding hydrogens is 408 g/mol. The number of amides is 3. The fourth-order valence-electron chi connectivity index (χ4n) is 3.58. The molecule has 0 radical (unpaired) electrons. The molecule has 30 heavy (non-hydrogen) atoms. The van der Waals surface area contributed by atoms with Crippen LogP contribution in [-0.2, 0) is 19.6 Å². The predicted molar refractivity (Wildman–Crippen MR) is 112 cm³/mol. The minimum atomic E-state index is -3.70. The van der Waals surface area contributed by atoms with Crippen LogP contribution in [0, 0.1) is 6.92 Å². The summed E-state index contributed by atoms with van der Waals surface area (Å²) < 4.78 is 26.8. The van der Waals surface area contributed by atoms with E-state index in [0.29, 0.717) is 31.6 Å². The smallest absolute Gasteiger partial charge is 0.252 e. The summed E-state index contributed by atoms with van der Waals surface area (Å²) in [5.41, 5.74) is 0.795. The molecule has 2 rings (SSSR count). The Balaban J connectivity index is 2.14. The number of carbonyl (C=O) groups is 3. The molecule has 2 N–H and O–H groups in total. The van der Waals surface area contributed by atoms with Gasteiger partial charge in [-0.25, -0.2) is 8.42 Å². The lowest BCUT2D eigenvalue weighted by Gasteiger charge is -2.23. The van der Waals surface area contributed by atoms with Gasteiger partial charge in [-0.3, -0.25) is 14.4 Å². The number of carbonyl (C=O) groups excluding carboxylic acids is 3. The molecule has 1 fully saturated rings. The molecule has 1 aromatic rings. The summed E-state index contributed by atoms with van der Waals surface area (Å²) in [6, 6.07) is 3.87. The quantitative estimate of drug-likeness (QED) is 0.613. The lowest BCUT2D eigenvalue weighted by Crippen LogP contribution is -2.48. The molecule has 0 saturated carbocycles. The number of nitrogens with zero attached hydrogens (tertiary/aromatic N) is 2. The first kappa shape index (κ1) is 23.8. The molecule has 1 aliphatic heterocycles. The van der Waals surface area contributed by atoms with Crippen molar-refractivity contribution in [1.29, 1.82) is 0 Å². The van der Waals surface area contributed by atoms with Crippen molar-refractivity contribution in [3.63, 3.8) is 0 Å². The van der Waals surface area contributed by atoms with Gasteiger partial charge in [0.1, 0.15) is 6.04 Å². The molecule has 1 saturated heterocycles. The largest absolute Gasteiger partial charge is 0.357 e. The highest BCUT2D eigenvalue weighted by atomic mass is 32.2. The second kappa shape index (κ2) is 10.0. The standard InChI is InChI=1S/C20H30N4O5S/c1-5-23(6-2)30(28,29)15-10-9-14(3)16(12-15)19(26)22-13-18(25)24-11-7-8-17(24)20(27)21-4/h9-10,12,17H,5-8,11,13H2,1-4H3,(H,21,27)(H,22,26). The third kappa shape index (κ3) is 4.99. The first-order valence-electron chi connectivity index (χ1n) is 10.1. The van der Waals surface area contributed by atoms with Gasteiger partial charge in [-0.15, -0.1) is 0 Å². The van der Waals surface area contributed by atoms with Crippen LogP contribution in [0.2, 0.25) is 0 Å². The molecule has 1 unspecified atom stereocenters. The lowest BCUT2D eigenvalue weighted by atomic mass is 10.1. The number of likely N-dealkylation sites (N-methyl/N-ethyl adjacent to an activating group) is 1. The molecular formula is C20H30N4O5S. The number of hydrogen-bond donors (Lipinski definition) is 2. The van der Waals surface area contributed by atoms with Crippen LogP contribution >= 0.6 is 0 Å². The summed E-state index contributed by atoms with van der Waals surface area (Å²) in [6.07, 6.45) is 1.31. The van der Waals surface area contributed by atoms with Crippen molar-refractivity contribution < 1.29 is 22.8 Å². The zero-order valence-corrected chi connectivity index (χ0v) is 18.7. The summed E-state index contributed by atoms with van der Waals surface area (Å²) in [5, 5.41) is 5.11. The molecule has 3 amide bonds. The molecule has 0 spiro atoms. The Morgan fingerprint density at radius 3 is 2.47 bits per heavy atom. The second-order valence-corrected chi connectivity index (χ2v) is 9.05. The van der Waals surface area contributed by atoms with Crippen molar-refractivity contribution in [3.8, 4) is 0 Å². The molecule has 166 valence electrons. The summed E-state index contributed by atoms with van der Waals surface area (Å²) in [5.74, 6) is -1.11. The van der Waals surface area contributed by atoms with E-state index in [0.717, 1.165) is 6.42 Å². The number of aryl methyl sites for hydroxylation is 1. The number of nitrogens with one attached hydrogen (secondary N) is 2. The van der Waals surface area contributed by atoms with Crippen LogP contribution in [0.3, 0.4) is 0 Å². The Morgan fingerprint density at radius 1 is 1.20 bits per heavy atom. The van der Waals surface area contributed by atoms with E-state index in [1.54, 1.807) is 26.8 Å². The van der Waals surface area contributed by atoms with Crippen LogP contribution in [0.1, 0.15) is 42.6 Å². The summed E-state index contributed by atoms with van der Waals surface area (Å²) in [4.78, 5) is 38.6. The Hall–Kier alpha value is -2.46. The fraction of sp³-hybridized carbons (Fsp3) is 0.550. The van der Waals surface area contributed by atoms with Crippen LogP contribution in [0.15, 0.2) is 23.1 Å². The van der Waals surface area contributed by atoms with Gasteiger partial charge in [0.2, 0.25) is 21.8 Å². The van der Waals surface area contributed by atoms with Crippen molar-refractivity contribution in [1.82, 2.24) is 19.8 Å². The lowest BCUT2D eigenvalue weighted by molar-refractivity contribution is -0.137. The van der Waals surface area contributed by atoms with Crippen molar-refractivity contribution >= 4 is 27.7 Å². The van der Waals surface area contributed by atoms with Gasteiger partial charge in [0.05, 0.1) is 11.4 Å². The van der Waals surface area contributed by atoms with Crippen molar-refractivity contribution in [3.05, 3.63) is 29.3 Å². The molecule has 1 heterocycles.